The number of likely N-dealkylation sites (tertiary alicyclic amines) is 1. The fraction of sp³-hybridized carbons (Fsp3) is 0.435. The number of aromatic nitrogens is 1. The second kappa shape index (κ2) is 9.16. The number of halogens is 1. The molecule has 0 unspecified atom stereocenters. The maximum atomic E-state index is 13.1. The minimum Gasteiger partial charge on any atom is -0.352 e. The predicted octanol–water partition coefficient (Wildman–Crippen LogP) is 3.93. The van der Waals surface area contributed by atoms with Gasteiger partial charge in [-0.15, -0.1) is 0 Å². The number of carbonyl (C=O) groups excluding carboxylic acids is 2. The van der Waals surface area contributed by atoms with E-state index < -0.39 is 0 Å². The fourth-order valence-corrected chi connectivity index (χ4v) is 3.60. The smallest absolute Gasteiger partial charge is 0.253 e. The Bertz CT molecular complexity index is 872. The molecule has 1 fully saturated rings. The summed E-state index contributed by atoms with van der Waals surface area (Å²) in [6, 6.07) is 9.35. The van der Waals surface area contributed by atoms with Gasteiger partial charge in [-0.3, -0.25) is 14.6 Å². The van der Waals surface area contributed by atoms with Gasteiger partial charge < -0.3 is 10.2 Å². The van der Waals surface area contributed by atoms with E-state index in [1.54, 1.807) is 4.90 Å². The minimum atomic E-state index is -0.353. The monoisotopic (exact) mass is 397 g/mol. The quantitative estimate of drug-likeness (QED) is 0.831. The Balaban J connectivity index is 1.70. The van der Waals surface area contributed by atoms with Crippen LogP contribution in [0.4, 0.5) is 4.39 Å². The Labute approximate surface area is 171 Å². The van der Waals surface area contributed by atoms with Crippen molar-refractivity contribution in [2.24, 2.45) is 5.92 Å². The third-order valence-electron chi connectivity index (χ3n) is 5.24. The molecule has 0 spiro atoms. The van der Waals surface area contributed by atoms with Crippen molar-refractivity contribution in [2.45, 2.75) is 39.5 Å². The number of nitrogens with one attached hydrogen (secondary N) is 1. The van der Waals surface area contributed by atoms with Crippen molar-refractivity contribution in [3.63, 3.8) is 0 Å². The molecule has 6 heteroatoms. The Morgan fingerprint density at radius 3 is 2.41 bits per heavy atom. The van der Waals surface area contributed by atoms with E-state index in [1.807, 2.05) is 19.1 Å². The molecular weight excluding hydrogens is 369 g/mol. The van der Waals surface area contributed by atoms with Crippen LogP contribution in [-0.4, -0.2) is 41.3 Å². The SMILES string of the molecule is Cc1ccc(C(=O)NCC(C)C)c(C2CCN(C(=O)c3ccc(F)cc3)CC2)n1. The van der Waals surface area contributed by atoms with E-state index in [9.17, 15) is 14.0 Å². The van der Waals surface area contributed by atoms with Crippen LogP contribution in [0.3, 0.4) is 0 Å². The summed E-state index contributed by atoms with van der Waals surface area (Å²) in [7, 11) is 0. The summed E-state index contributed by atoms with van der Waals surface area (Å²) in [4.78, 5) is 31.8. The number of piperidine rings is 1. The third kappa shape index (κ3) is 5.19. The van der Waals surface area contributed by atoms with Crippen molar-refractivity contribution < 1.29 is 14.0 Å². The molecule has 3 rings (SSSR count). The maximum absolute atomic E-state index is 13.1. The van der Waals surface area contributed by atoms with Crippen LogP contribution in [0.1, 0.15) is 64.7 Å². The van der Waals surface area contributed by atoms with Crippen LogP contribution in [0, 0.1) is 18.7 Å². The first kappa shape index (κ1) is 21.0. The molecule has 0 saturated carbocycles. The number of rotatable bonds is 5. The van der Waals surface area contributed by atoms with Gasteiger partial charge in [0.2, 0.25) is 0 Å². The van der Waals surface area contributed by atoms with Crippen LogP contribution in [0.2, 0.25) is 0 Å². The lowest BCUT2D eigenvalue weighted by molar-refractivity contribution is 0.0710. The molecule has 0 radical (unpaired) electrons. The average Bonchev–Trinajstić information content (AvgIpc) is 2.72. The van der Waals surface area contributed by atoms with Gasteiger partial charge in [0.25, 0.3) is 11.8 Å². The molecule has 0 bridgehead atoms. The Hall–Kier alpha value is -2.76. The fourth-order valence-electron chi connectivity index (χ4n) is 3.60. The number of amides is 2. The number of hydrogen-bond donors (Lipinski definition) is 1. The molecule has 29 heavy (non-hydrogen) atoms. The summed E-state index contributed by atoms with van der Waals surface area (Å²) in [5.74, 6) is -0.0240. The van der Waals surface area contributed by atoms with Gasteiger partial charge >= 0.3 is 0 Å². The highest BCUT2D eigenvalue weighted by Gasteiger charge is 2.28. The van der Waals surface area contributed by atoms with Gasteiger partial charge in [-0.25, -0.2) is 4.39 Å². The topological polar surface area (TPSA) is 62.3 Å². The third-order valence-corrected chi connectivity index (χ3v) is 5.24. The van der Waals surface area contributed by atoms with Gasteiger partial charge in [0.15, 0.2) is 0 Å². The highest BCUT2D eigenvalue weighted by Crippen LogP contribution is 2.30. The first-order valence-corrected chi connectivity index (χ1v) is 10.2. The summed E-state index contributed by atoms with van der Waals surface area (Å²) in [5, 5.41) is 2.98. The van der Waals surface area contributed by atoms with Gasteiger partial charge in [0, 0.05) is 36.8 Å². The molecule has 2 aromatic rings. The van der Waals surface area contributed by atoms with Crippen molar-refractivity contribution >= 4 is 11.8 Å². The highest BCUT2D eigenvalue weighted by atomic mass is 19.1. The van der Waals surface area contributed by atoms with Gasteiger partial charge in [-0.2, -0.15) is 0 Å². The van der Waals surface area contributed by atoms with Crippen LogP contribution in [0.15, 0.2) is 36.4 Å². The van der Waals surface area contributed by atoms with Gasteiger partial charge in [-0.1, -0.05) is 13.8 Å². The van der Waals surface area contributed by atoms with Crippen LogP contribution in [0.5, 0.6) is 0 Å². The first-order valence-electron chi connectivity index (χ1n) is 10.2. The lowest BCUT2D eigenvalue weighted by Crippen LogP contribution is -2.38. The van der Waals surface area contributed by atoms with E-state index in [1.165, 1.54) is 24.3 Å². The molecule has 1 N–H and O–H groups in total. The molecule has 2 amide bonds. The van der Waals surface area contributed by atoms with E-state index >= 15 is 0 Å². The lowest BCUT2D eigenvalue weighted by atomic mass is 9.89. The van der Waals surface area contributed by atoms with Crippen LogP contribution >= 0.6 is 0 Å². The zero-order chi connectivity index (χ0) is 21.0. The molecule has 0 atom stereocenters. The number of nitrogens with zero attached hydrogens (tertiary/aromatic N) is 2. The zero-order valence-corrected chi connectivity index (χ0v) is 17.2. The molecular formula is C23H28FN3O2. The molecule has 0 aliphatic carbocycles. The number of pyridine rings is 1. The summed E-state index contributed by atoms with van der Waals surface area (Å²) < 4.78 is 13.1. The number of aryl methyl sites for hydroxylation is 1. The average molecular weight is 397 g/mol. The summed E-state index contributed by atoms with van der Waals surface area (Å²) in [6.07, 6.45) is 1.49. The van der Waals surface area contributed by atoms with E-state index in [-0.39, 0.29) is 23.5 Å². The van der Waals surface area contributed by atoms with Gasteiger partial charge in [0.05, 0.1) is 11.3 Å². The molecule has 5 nitrogen and oxygen atoms in total. The van der Waals surface area contributed by atoms with Crippen molar-refractivity contribution in [1.82, 2.24) is 15.2 Å². The second-order valence-corrected chi connectivity index (χ2v) is 8.06. The summed E-state index contributed by atoms with van der Waals surface area (Å²) >= 11 is 0. The van der Waals surface area contributed by atoms with Gasteiger partial charge in [0.1, 0.15) is 5.82 Å². The number of carbonyl (C=O) groups is 2. The molecule has 1 aromatic heterocycles. The number of hydrogen-bond acceptors (Lipinski definition) is 3. The van der Waals surface area contributed by atoms with Crippen LogP contribution in [-0.2, 0) is 0 Å². The summed E-state index contributed by atoms with van der Waals surface area (Å²) in [6.45, 7) is 7.83. The van der Waals surface area contributed by atoms with Crippen molar-refractivity contribution in [2.75, 3.05) is 19.6 Å². The molecule has 1 aromatic carbocycles. The number of benzene rings is 1. The van der Waals surface area contributed by atoms with E-state index in [0.717, 1.165) is 24.2 Å². The molecule has 1 aliphatic rings. The largest absolute Gasteiger partial charge is 0.352 e. The Morgan fingerprint density at radius 2 is 1.79 bits per heavy atom. The molecule has 1 aliphatic heterocycles. The van der Waals surface area contributed by atoms with Crippen molar-refractivity contribution in [3.8, 4) is 0 Å². The van der Waals surface area contributed by atoms with E-state index in [2.05, 4.69) is 24.1 Å². The van der Waals surface area contributed by atoms with E-state index in [4.69, 9.17) is 0 Å². The zero-order valence-electron chi connectivity index (χ0n) is 17.2. The Morgan fingerprint density at radius 1 is 1.14 bits per heavy atom. The van der Waals surface area contributed by atoms with Crippen molar-refractivity contribution in [3.05, 3.63) is 64.7 Å². The maximum Gasteiger partial charge on any atom is 0.253 e. The van der Waals surface area contributed by atoms with Crippen molar-refractivity contribution in [1.29, 1.82) is 0 Å². The normalized spacial score (nSPS) is 14.9. The first-order chi connectivity index (χ1) is 13.8. The highest BCUT2D eigenvalue weighted by molar-refractivity contribution is 5.95. The predicted molar refractivity (Wildman–Crippen MR) is 110 cm³/mol. The molecule has 154 valence electrons. The van der Waals surface area contributed by atoms with Crippen LogP contribution in [0.25, 0.3) is 0 Å². The summed E-state index contributed by atoms with van der Waals surface area (Å²) in [5.41, 5.74) is 2.82. The van der Waals surface area contributed by atoms with Gasteiger partial charge in [-0.05, 0) is 62.1 Å². The lowest BCUT2D eigenvalue weighted by Gasteiger charge is -2.32. The minimum absolute atomic E-state index is 0.0875. The molecule has 2 heterocycles. The van der Waals surface area contributed by atoms with Crippen LogP contribution < -0.4 is 5.32 Å². The van der Waals surface area contributed by atoms with E-state index in [0.29, 0.717) is 36.7 Å². The second-order valence-electron chi connectivity index (χ2n) is 8.06. The standard InChI is InChI=1S/C23H28FN3O2/c1-15(2)14-25-22(28)20-9-4-16(3)26-21(20)17-10-12-27(13-11-17)23(29)18-5-7-19(24)8-6-18/h4-9,15,17H,10-14H2,1-3H3,(H,25,28). The Kier molecular flexibility index (Phi) is 6.62. The molecule has 1 saturated heterocycles.